The Kier molecular flexibility index (Phi) is 2.64. The number of rotatable bonds is 2. The molecule has 2 aromatic heterocycles. The van der Waals surface area contributed by atoms with Crippen molar-refractivity contribution < 1.29 is 9.90 Å². The van der Waals surface area contributed by atoms with E-state index in [9.17, 15) is 9.90 Å². The molecule has 3 N–H and O–H groups in total. The summed E-state index contributed by atoms with van der Waals surface area (Å²) in [7, 11) is 0. The summed E-state index contributed by atoms with van der Waals surface area (Å²) in [4.78, 5) is 19.2. The monoisotopic (exact) mass is 253 g/mol. The molecule has 5 nitrogen and oxygen atoms in total. The maximum absolute atomic E-state index is 12.0. The lowest BCUT2D eigenvalue weighted by atomic mass is 10.3. The van der Waals surface area contributed by atoms with Crippen LogP contribution in [0.15, 0.2) is 48.7 Å². The van der Waals surface area contributed by atoms with Crippen LogP contribution in [0.5, 0.6) is 5.75 Å². The molecule has 0 aliphatic carbocycles. The number of hydrogen-bond acceptors (Lipinski definition) is 3. The van der Waals surface area contributed by atoms with Crippen LogP contribution in [0.2, 0.25) is 0 Å². The summed E-state index contributed by atoms with van der Waals surface area (Å²) < 4.78 is 0. The number of amides is 1. The molecule has 0 fully saturated rings. The van der Waals surface area contributed by atoms with Crippen LogP contribution in [-0.2, 0) is 0 Å². The van der Waals surface area contributed by atoms with Crippen molar-refractivity contribution in [3.8, 4) is 5.75 Å². The van der Waals surface area contributed by atoms with Crippen molar-refractivity contribution in [3.05, 3.63) is 54.4 Å². The Morgan fingerprint density at radius 2 is 2.11 bits per heavy atom. The molecular formula is C14H11N3O2. The molecule has 0 bridgehead atoms. The van der Waals surface area contributed by atoms with Gasteiger partial charge in [0.2, 0.25) is 0 Å². The first-order valence-electron chi connectivity index (χ1n) is 5.76. The molecule has 0 unspecified atom stereocenters. The smallest absolute Gasteiger partial charge is 0.272 e. The molecule has 5 heteroatoms. The largest absolute Gasteiger partial charge is 0.508 e. The third-order valence-electron chi connectivity index (χ3n) is 2.74. The summed E-state index contributed by atoms with van der Waals surface area (Å²) in [5, 5.41) is 12.0. The van der Waals surface area contributed by atoms with Gasteiger partial charge in [0.05, 0.1) is 11.0 Å². The number of carbonyl (C=O) groups excluding carboxylic acids is 1. The van der Waals surface area contributed by atoms with Crippen molar-refractivity contribution in [3.63, 3.8) is 0 Å². The minimum absolute atomic E-state index is 0.108. The first kappa shape index (κ1) is 11.3. The van der Waals surface area contributed by atoms with E-state index in [1.807, 2.05) is 6.07 Å². The molecule has 2 heterocycles. The molecule has 0 spiro atoms. The number of aromatic nitrogens is 2. The van der Waals surface area contributed by atoms with Crippen LogP contribution in [0.25, 0.3) is 11.0 Å². The van der Waals surface area contributed by atoms with Gasteiger partial charge in [0.25, 0.3) is 5.91 Å². The van der Waals surface area contributed by atoms with E-state index in [4.69, 9.17) is 0 Å². The summed E-state index contributed by atoms with van der Waals surface area (Å²) in [6.45, 7) is 0. The number of pyridine rings is 1. The SMILES string of the molecule is O=C(Nc1cccc(O)c1)c1cc2ncccc2[nH]1. The lowest BCUT2D eigenvalue weighted by Gasteiger charge is -2.03. The molecule has 0 aliphatic rings. The van der Waals surface area contributed by atoms with Gasteiger partial charge < -0.3 is 15.4 Å². The predicted octanol–water partition coefficient (Wildman–Crippen LogP) is 2.52. The fourth-order valence-electron chi connectivity index (χ4n) is 1.86. The van der Waals surface area contributed by atoms with Crippen molar-refractivity contribution >= 4 is 22.6 Å². The highest BCUT2D eigenvalue weighted by molar-refractivity contribution is 6.05. The molecule has 0 saturated heterocycles. The third kappa shape index (κ3) is 2.26. The zero-order chi connectivity index (χ0) is 13.2. The number of nitrogens with one attached hydrogen (secondary N) is 2. The van der Waals surface area contributed by atoms with E-state index in [1.54, 1.807) is 36.5 Å². The van der Waals surface area contributed by atoms with Crippen molar-refractivity contribution in [2.75, 3.05) is 5.32 Å². The Morgan fingerprint density at radius 1 is 1.21 bits per heavy atom. The van der Waals surface area contributed by atoms with Gasteiger partial charge in [-0.15, -0.1) is 0 Å². The Hall–Kier alpha value is -2.82. The number of phenols is 1. The van der Waals surface area contributed by atoms with E-state index in [-0.39, 0.29) is 11.7 Å². The second kappa shape index (κ2) is 4.45. The normalized spacial score (nSPS) is 10.5. The molecule has 0 radical (unpaired) electrons. The number of fused-ring (bicyclic) bond motifs is 1. The standard InChI is InChI=1S/C14H11N3O2/c18-10-4-1-3-9(7-10)16-14(19)13-8-12-11(17-13)5-2-6-15-12/h1-8,17-18H,(H,16,19). The summed E-state index contributed by atoms with van der Waals surface area (Å²) >= 11 is 0. The number of benzene rings is 1. The number of nitrogens with zero attached hydrogens (tertiary/aromatic N) is 1. The molecule has 3 aromatic rings. The Morgan fingerprint density at radius 3 is 2.89 bits per heavy atom. The van der Waals surface area contributed by atoms with Crippen LogP contribution in [0.4, 0.5) is 5.69 Å². The van der Waals surface area contributed by atoms with Crippen LogP contribution in [0, 0.1) is 0 Å². The first-order valence-corrected chi connectivity index (χ1v) is 5.76. The Bertz CT molecular complexity index is 716. The average Bonchev–Trinajstić information content (AvgIpc) is 2.82. The van der Waals surface area contributed by atoms with Gasteiger partial charge in [-0.1, -0.05) is 6.07 Å². The maximum atomic E-state index is 12.0. The number of aromatic hydroxyl groups is 1. The predicted molar refractivity (Wildman–Crippen MR) is 72.2 cm³/mol. The molecule has 1 amide bonds. The van der Waals surface area contributed by atoms with Crippen LogP contribution in [0.1, 0.15) is 10.5 Å². The summed E-state index contributed by atoms with van der Waals surface area (Å²) in [6, 6.07) is 11.7. The second-order valence-electron chi connectivity index (χ2n) is 4.12. The van der Waals surface area contributed by atoms with Gasteiger partial charge in [0, 0.05) is 18.0 Å². The molecule has 0 saturated carbocycles. The van der Waals surface area contributed by atoms with E-state index < -0.39 is 0 Å². The van der Waals surface area contributed by atoms with E-state index in [2.05, 4.69) is 15.3 Å². The lowest BCUT2D eigenvalue weighted by molar-refractivity contribution is 0.102. The van der Waals surface area contributed by atoms with Crippen LogP contribution in [-0.4, -0.2) is 21.0 Å². The number of anilines is 1. The first-order chi connectivity index (χ1) is 9.22. The highest BCUT2D eigenvalue weighted by Crippen LogP contribution is 2.17. The number of phenolic OH excluding ortho intramolecular Hbond substituents is 1. The van der Waals surface area contributed by atoms with E-state index in [1.165, 1.54) is 6.07 Å². The zero-order valence-corrected chi connectivity index (χ0v) is 9.92. The van der Waals surface area contributed by atoms with Gasteiger partial charge in [-0.05, 0) is 30.3 Å². The van der Waals surface area contributed by atoms with Crippen molar-refractivity contribution in [1.29, 1.82) is 0 Å². The van der Waals surface area contributed by atoms with Crippen LogP contribution in [0.3, 0.4) is 0 Å². The van der Waals surface area contributed by atoms with Crippen molar-refractivity contribution in [1.82, 2.24) is 9.97 Å². The zero-order valence-electron chi connectivity index (χ0n) is 9.92. The van der Waals surface area contributed by atoms with Crippen molar-refractivity contribution in [2.45, 2.75) is 0 Å². The second-order valence-corrected chi connectivity index (χ2v) is 4.12. The Labute approximate surface area is 108 Å². The Balaban J connectivity index is 1.87. The fourth-order valence-corrected chi connectivity index (χ4v) is 1.86. The molecule has 19 heavy (non-hydrogen) atoms. The van der Waals surface area contributed by atoms with E-state index in [0.29, 0.717) is 11.4 Å². The summed E-state index contributed by atoms with van der Waals surface area (Å²) in [6.07, 6.45) is 1.67. The minimum atomic E-state index is -0.274. The van der Waals surface area contributed by atoms with Gasteiger partial charge in [0.15, 0.2) is 0 Å². The van der Waals surface area contributed by atoms with E-state index >= 15 is 0 Å². The van der Waals surface area contributed by atoms with Crippen LogP contribution < -0.4 is 5.32 Å². The lowest BCUT2D eigenvalue weighted by Crippen LogP contribution is -2.11. The highest BCUT2D eigenvalue weighted by Gasteiger charge is 2.10. The van der Waals surface area contributed by atoms with E-state index in [0.717, 1.165) is 11.0 Å². The quantitative estimate of drug-likeness (QED) is 0.656. The number of carbonyl (C=O) groups is 1. The summed E-state index contributed by atoms with van der Waals surface area (Å²) in [5.74, 6) is -0.167. The van der Waals surface area contributed by atoms with Gasteiger partial charge in [-0.2, -0.15) is 0 Å². The molecule has 0 atom stereocenters. The highest BCUT2D eigenvalue weighted by atomic mass is 16.3. The maximum Gasteiger partial charge on any atom is 0.272 e. The van der Waals surface area contributed by atoms with Crippen LogP contribution >= 0.6 is 0 Å². The molecule has 3 rings (SSSR count). The van der Waals surface area contributed by atoms with Gasteiger partial charge in [0.1, 0.15) is 11.4 Å². The topological polar surface area (TPSA) is 78.0 Å². The number of aromatic amines is 1. The fraction of sp³-hybridized carbons (Fsp3) is 0. The molecule has 0 aliphatic heterocycles. The van der Waals surface area contributed by atoms with Gasteiger partial charge in [-0.25, -0.2) is 0 Å². The summed E-state index contributed by atoms with van der Waals surface area (Å²) in [5.41, 5.74) is 2.51. The third-order valence-corrected chi connectivity index (χ3v) is 2.74. The number of H-pyrrole nitrogens is 1. The van der Waals surface area contributed by atoms with Crippen molar-refractivity contribution in [2.24, 2.45) is 0 Å². The molecule has 94 valence electrons. The average molecular weight is 253 g/mol. The number of hydrogen-bond donors (Lipinski definition) is 3. The minimum Gasteiger partial charge on any atom is -0.508 e. The molecular weight excluding hydrogens is 242 g/mol. The van der Waals surface area contributed by atoms with Gasteiger partial charge in [-0.3, -0.25) is 9.78 Å². The van der Waals surface area contributed by atoms with Gasteiger partial charge >= 0.3 is 0 Å². The molecule has 1 aromatic carbocycles.